The lowest BCUT2D eigenvalue weighted by Gasteiger charge is -2.26. The summed E-state index contributed by atoms with van der Waals surface area (Å²) in [6.45, 7) is 2.04. The molecule has 3 amide bonds. The summed E-state index contributed by atoms with van der Waals surface area (Å²) in [5.74, 6) is 10.8. The average molecular weight is 493 g/mol. The second kappa shape index (κ2) is 14.6. The zero-order valence-electron chi connectivity index (χ0n) is 20.3. The van der Waals surface area contributed by atoms with Gasteiger partial charge in [-0.15, -0.1) is 0 Å². The highest BCUT2D eigenvalue weighted by Crippen LogP contribution is 2.25. The van der Waals surface area contributed by atoms with E-state index in [0.717, 1.165) is 22.4 Å². The number of amides is 3. The molecule has 0 bridgehead atoms. The van der Waals surface area contributed by atoms with E-state index in [9.17, 15) is 14.4 Å². The van der Waals surface area contributed by atoms with Crippen LogP contribution < -0.4 is 21.4 Å². The van der Waals surface area contributed by atoms with Gasteiger partial charge in [-0.1, -0.05) is 42.2 Å². The monoisotopic (exact) mass is 492 g/mol. The molecule has 0 saturated heterocycles. The quantitative estimate of drug-likeness (QED) is 0.222. The smallest absolute Gasteiger partial charge is 0.229 e. The minimum Gasteiger partial charge on any atom is -0.377 e. The highest BCUT2D eigenvalue weighted by Gasteiger charge is 2.21. The molecule has 9 nitrogen and oxygen atoms in total. The van der Waals surface area contributed by atoms with Gasteiger partial charge >= 0.3 is 0 Å². The molecule has 1 aliphatic rings. The van der Waals surface area contributed by atoms with E-state index in [1.807, 2.05) is 48.5 Å². The fourth-order valence-corrected chi connectivity index (χ4v) is 3.71. The van der Waals surface area contributed by atoms with E-state index in [0.29, 0.717) is 39.3 Å². The molecule has 9 heteroatoms. The summed E-state index contributed by atoms with van der Waals surface area (Å²) in [7, 11) is 0. The second-order valence-corrected chi connectivity index (χ2v) is 8.19. The van der Waals surface area contributed by atoms with Crippen molar-refractivity contribution in [3.05, 3.63) is 65.2 Å². The fraction of sp³-hybridized carbons (Fsp3) is 0.370. The molecule has 0 aliphatic carbocycles. The van der Waals surface area contributed by atoms with Crippen molar-refractivity contribution in [1.82, 2.24) is 10.6 Å². The number of nitrogens with two attached hydrogens (primary N) is 1. The second-order valence-electron chi connectivity index (χ2n) is 8.19. The Morgan fingerprint density at radius 3 is 2.28 bits per heavy atom. The average Bonchev–Trinajstić information content (AvgIpc) is 2.87. The molecule has 0 atom stereocenters. The number of hydrogen-bond donors (Lipinski definition) is 3. The van der Waals surface area contributed by atoms with Gasteiger partial charge in [0.1, 0.15) is 0 Å². The number of ether oxygens (including phenoxy) is 1. The predicted octanol–water partition coefficient (Wildman–Crippen LogP) is 1.63. The number of fused-ring (bicyclic) bond motifs is 2. The van der Waals surface area contributed by atoms with Crippen LogP contribution in [0.25, 0.3) is 0 Å². The van der Waals surface area contributed by atoms with Crippen molar-refractivity contribution in [2.75, 3.05) is 37.8 Å². The minimum absolute atomic E-state index is 0.0964. The number of carbonyl (C=O) groups is 3. The molecule has 0 aromatic heterocycles. The van der Waals surface area contributed by atoms with Crippen molar-refractivity contribution in [1.29, 1.82) is 0 Å². The van der Waals surface area contributed by atoms with Crippen molar-refractivity contribution in [2.24, 2.45) is 5.90 Å². The van der Waals surface area contributed by atoms with Gasteiger partial charge in [-0.3, -0.25) is 14.4 Å². The molecule has 190 valence electrons. The lowest BCUT2D eigenvalue weighted by atomic mass is 10.0. The van der Waals surface area contributed by atoms with E-state index in [4.69, 9.17) is 10.6 Å². The maximum Gasteiger partial charge on any atom is 0.229 e. The lowest BCUT2D eigenvalue weighted by molar-refractivity contribution is -0.122. The van der Waals surface area contributed by atoms with Crippen LogP contribution in [0.4, 0.5) is 5.69 Å². The van der Waals surface area contributed by atoms with Gasteiger partial charge in [0, 0.05) is 43.5 Å². The summed E-state index contributed by atoms with van der Waals surface area (Å²) in [5, 5.41) is 5.51. The number of para-hydroxylation sites is 1. The summed E-state index contributed by atoms with van der Waals surface area (Å²) in [6.07, 6.45) is 1.03. The topological polar surface area (TPSA) is 123 Å². The molecule has 0 fully saturated rings. The first-order chi connectivity index (χ1) is 17.6. The van der Waals surface area contributed by atoms with Gasteiger partial charge in [0.15, 0.2) is 0 Å². The third kappa shape index (κ3) is 8.50. The Bertz CT molecular complexity index is 1110. The van der Waals surface area contributed by atoms with Crippen LogP contribution in [0.1, 0.15) is 42.4 Å². The molecule has 0 radical (unpaired) electrons. The zero-order valence-corrected chi connectivity index (χ0v) is 20.3. The molecule has 4 N–H and O–H groups in total. The van der Waals surface area contributed by atoms with Crippen LogP contribution in [0.15, 0.2) is 48.5 Å². The Morgan fingerprint density at radius 1 is 0.833 bits per heavy atom. The predicted molar refractivity (Wildman–Crippen MR) is 135 cm³/mol. The Morgan fingerprint density at radius 2 is 1.50 bits per heavy atom. The molecule has 36 heavy (non-hydrogen) atoms. The third-order valence-electron chi connectivity index (χ3n) is 5.56. The molecule has 2 aromatic carbocycles. The van der Waals surface area contributed by atoms with Gasteiger partial charge in [-0.2, -0.15) is 0 Å². The summed E-state index contributed by atoms with van der Waals surface area (Å²) in [4.78, 5) is 43.3. The van der Waals surface area contributed by atoms with Crippen LogP contribution in [-0.2, 0) is 30.5 Å². The molecule has 1 heterocycles. The first kappa shape index (κ1) is 26.9. The number of hydrogen-bond acceptors (Lipinski definition) is 6. The summed E-state index contributed by atoms with van der Waals surface area (Å²) in [5.41, 5.74) is 3.43. The number of nitrogens with one attached hydrogen (secondary N) is 2. The zero-order chi connectivity index (χ0) is 25.6. The van der Waals surface area contributed by atoms with E-state index < -0.39 is 0 Å². The maximum atomic E-state index is 13.2. The minimum atomic E-state index is -0.190. The largest absolute Gasteiger partial charge is 0.377 e. The van der Waals surface area contributed by atoms with Crippen LogP contribution in [0.3, 0.4) is 0 Å². The molecule has 0 saturated carbocycles. The molecular weight excluding hydrogens is 460 g/mol. The number of rotatable bonds is 13. The van der Waals surface area contributed by atoms with Crippen molar-refractivity contribution >= 4 is 23.4 Å². The molecule has 0 spiro atoms. The van der Waals surface area contributed by atoms with Crippen molar-refractivity contribution < 1.29 is 24.0 Å². The van der Waals surface area contributed by atoms with E-state index in [1.165, 1.54) is 0 Å². The standard InChI is InChI=1S/C27H32N4O5/c28-36-19-18-35-17-16-30-26(33)11-5-10-25(32)29-15-14-27(34)31-20-23-8-2-1-6-21(23)12-13-22-7-3-4-9-24(22)31/h1-4,6-9H,5,10-11,14-20,28H2,(H,29,32)(H,30,33). The van der Waals surface area contributed by atoms with Crippen molar-refractivity contribution in [3.63, 3.8) is 0 Å². The van der Waals surface area contributed by atoms with E-state index >= 15 is 0 Å². The molecule has 2 aromatic rings. The Kier molecular flexibility index (Phi) is 10.9. The number of benzene rings is 2. The van der Waals surface area contributed by atoms with Crippen LogP contribution in [0.5, 0.6) is 0 Å². The van der Waals surface area contributed by atoms with Crippen LogP contribution in [-0.4, -0.2) is 50.6 Å². The number of nitrogens with zero attached hydrogens (tertiary/aromatic N) is 1. The Labute approximate surface area is 211 Å². The van der Waals surface area contributed by atoms with Gasteiger partial charge in [0.25, 0.3) is 0 Å². The van der Waals surface area contributed by atoms with Gasteiger partial charge in [0.05, 0.1) is 32.1 Å². The summed E-state index contributed by atoms with van der Waals surface area (Å²) < 4.78 is 5.20. The first-order valence-corrected chi connectivity index (χ1v) is 12.0. The van der Waals surface area contributed by atoms with Crippen molar-refractivity contribution in [3.8, 4) is 11.8 Å². The van der Waals surface area contributed by atoms with Crippen LogP contribution >= 0.6 is 0 Å². The highest BCUT2D eigenvalue weighted by molar-refractivity contribution is 5.95. The molecule has 0 unspecified atom stereocenters. The van der Waals surface area contributed by atoms with Gasteiger partial charge in [0.2, 0.25) is 17.7 Å². The van der Waals surface area contributed by atoms with E-state index in [1.54, 1.807) is 4.90 Å². The number of anilines is 1. The summed E-state index contributed by atoms with van der Waals surface area (Å²) in [6, 6.07) is 15.4. The molecular formula is C27H32N4O5. The normalized spacial score (nSPS) is 11.8. The van der Waals surface area contributed by atoms with Gasteiger partial charge in [-0.25, -0.2) is 5.90 Å². The van der Waals surface area contributed by atoms with Gasteiger partial charge < -0.3 is 25.1 Å². The molecule has 3 rings (SSSR count). The lowest BCUT2D eigenvalue weighted by Crippen LogP contribution is -2.35. The Balaban J connectivity index is 1.41. The fourth-order valence-electron chi connectivity index (χ4n) is 3.71. The maximum absolute atomic E-state index is 13.2. The Hall–Kier alpha value is -3.71. The van der Waals surface area contributed by atoms with E-state index in [2.05, 4.69) is 27.3 Å². The number of carbonyl (C=O) groups excluding carboxylic acids is 3. The third-order valence-corrected chi connectivity index (χ3v) is 5.56. The van der Waals surface area contributed by atoms with E-state index in [-0.39, 0.29) is 43.5 Å². The first-order valence-electron chi connectivity index (χ1n) is 12.0. The molecule has 1 aliphatic heterocycles. The van der Waals surface area contributed by atoms with Gasteiger partial charge in [-0.05, 0) is 30.2 Å². The SMILES string of the molecule is NOCCOCCNC(=O)CCCC(=O)NCCC(=O)N1Cc2ccccc2C#Cc2ccccc21. The van der Waals surface area contributed by atoms with Crippen molar-refractivity contribution in [2.45, 2.75) is 32.2 Å². The summed E-state index contributed by atoms with van der Waals surface area (Å²) >= 11 is 0. The van der Waals surface area contributed by atoms with Crippen LogP contribution in [0, 0.1) is 11.8 Å². The highest BCUT2D eigenvalue weighted by atomic mass is 16.6. The van der Waals surface area contributed by atoms with Crippen LogP contribution in [0.2, 0.25) is 0 Å².